The first-order valence-electron chi connectivity index (χ1n) is 7.11. The Kier molecular flexibility index (Phi) is 5.52. The molecule has 3 heteroatoms. The van der Waals surface area contributed by atoms with Crippen molar-refractivity contribution in [3.05, 3.63) is 65.7 Å². The fourth-order valence-electron chi connectivity index (χ4n) is 2.08. The van der Waals surface area contributed by atoms with Crippen LogP contribution in [-0.4, -0.2) is 30.9 Å². The molecule has 21 heavy (non-hydrogen) atoms. The molecule has 0 unspecified atom stereocenters. The zero-order valence-electron chi connectivity index (χ0n) is 12.6. The summed E-state index contributed by atoms with van der Waals surface area (Å²) in [6.45, 7) is 3.95. The molecule has 2 aromatic carbocycles. The molecule has 0 amide bonds. The van der Waals surface area contributed by atoms with Crippen LogP contribution in [-0.2, 0) is 6.54 Å². The number of Topliss-reactive ketones (excluding diaryl/α,β-unsaturated/α-hetero) is 1. The number of likely N-dealkylation sites (N-methyl/N-ethyl adjacent to an activating group) is 1. The van der Waals surface area contributed by atoms with E-state index in [2.05, 4.69) is 36.2 Å². The fourth-order valence-corrected chi connectivity index (χ4v) is 2.08. The van der Waals surface area contributed by atoms with Crippen LogP contribution in [0.15, 0.2) is 54.6 Å². The van der Waals surface area contributed by atoms with E-state index < -0.39 is 0 Å². The van der Waals surface area contributed by atoms with Crippen LogP contribution >= 0.6 is 0 Å². The summed E-state index contributed by atoms with van der Waals surface area (Å²) < 4.78 is 5.70. The SMILES string of the molecule is CC(=O)c1ccc(OCCN(C)Cc2ccccc2)cc1. The van der Waals surface area contributed by atoms with E-state index in [0.29, 0.717) is 12.2 Å². The highest BCUT2D eigenvalue weighted by Crippen LogP contribution is 2.12. The average molecular weight is 283 g/mol. The Morgan fingerprint density at radius 2 is 1.71 bits per heavy atom. The topological polar surface area (TPSA) is 29.5 Å². The Bertz CT molecular complexity index is 564. The Labute approximate surface area is 126 Å². The summed E-state index contributed by atoms with van der Waals surface area (Å²) in [7, 11) is 2.08. The number of hydrogen-bond donors (Lipinski definition) is 0. The molecular formula is C18H21NO2. The van der Waals surface area contributed by atoms with E-state index in [-0.39, 0.29) is 5.78 Å². The highest BCUT2D eigenvalue weighted by Gasteiger charge is 2.02. The summed E-state index contributed by atoms with van der Waals surface area (Å²) in [4.78, 5) is 13.4. The second-order valence-corrected chi connectivity index (χ2v) is 5.15. The van der Waals surface area contributed by atoms with Crippen molar-refractivity contribution in [2.45, 2.75) is 13.5 Å². The van der Waals surface area contributed by atoms with Gasteiger partial charge in [0.1, 0.15) is 12.4 Å². The molecule has 0 fully saturated rings. The van der Waals surface area contributed by atoms with Gasteiger partial charge in [-0.1, -0.05) is 30.3 Å². The lowest BCUT2D eigenvalue weighted by Crippen LogP contribution is -2.23. The van der Waals surface area contributed by atoms with Gasteiger partial charge in [-0.3, -0.25) is 9.69 Å². The lowest BCUT2D eigenvalue weighted by molar-refractivity contribution is 0.101. The molecule has 0 aromatic heterocycles. The van der Waals surface area contributed by atoms with Gasteiger partial charge in [0.2, 0.25) is 0 Å². The molecule has 0 N–H and O–H groups in total. The molecule has 2 rings (SSSR count). The quantitative estimate of drug-likeness (QED) is 0.729. The minimum absolute atomic E-state index is 0.0733. The summed E-state index contributed by atoms with van der Waals surface area (Å²) in [5, 5.41) is 0. The molecule has 0 saturated heterocycles. The Balaban J connectivity index is 1.74. The summed E-state index contributed by atoms with van der Waals surface area (Å²) >= 11 is 0. The standard InChI is InChI=1S/C18H21NO2/c1-15(20)17-8-10-18(11-9-17)21-13-12-19(2)14-16-6-4-3-5-7-16/h3-11H,12-14H2,1-2H3. The van der Waals surface area contributed by atoms with Gasteiger partial charge in [0.25, 0.3) is 0 Å². The second kappa shape index (κ2) is 7.60. The average Bonchev–Trinajstić information content (AvgIpc) is 2.49. The summed E-state index contributed by atoms with van der Waals surface area (Å²) in [6.07, 6.45) is 0. The van der Waals surface area contributed by atoms with E-state index in [9.17, 15) is 4.79 Å². The summed E-state index contributed by atoms with van der Waals surface area (Å²) in [5.41, 5.74) is 2.01. The predicted molar refractivity (Wildman–Crippen MR) is 84.7 cm³/mol. The maximum absolute atomic E-state index is 11.2. The number of ketones is 1. The normalized spacial score (nSPS) is 10.6. The zero-order chi connectivity index (χ0) is 15.1. The van der Waals surface area contributed by atoms with Crippen LogP contribution < -0.4 is 4.74 Å². The summed E-state index contributed by atoms with van der Waals surface area (Å²) in [6, 6.07) is 17.7. The molecule has 0 atom stereocenters. The summed E-state index contributed by atoms with van der Waals surface area (Å²) in [5.74, 6) is 0.872. The number of rotatable bonds is 7. The van der Waals surface area contributed by atoms with Crippen molar-refractivity contribution < 1.29 is 9.53 Å². The van der Waals surface area contributed by atoms with Crippen LogP contribution in [0.25, 0.3) is 0 Å². The molecule has 3 nitrogen and oxygen atoms in total. The molecule has 0 aliphatic carbocycles. The highest BCUT2D eigenvalue weighted by atomic mass is 16.5. The molecule has 0 saturated carbocycles. The van der Waals surface area contributed by atoms with Crippen molar-refractivity contribution >= 4 is 5.78 Å². The van der Waals surface area contributed by atoms with Gasteiger partial charge in [0, 0.05) is 18.7 Å². The maximum atomic E-state index is 11.2. The smallest absolute Gasteiger partial charge is 0.159 e. The first kappa shape index (κ1) is 15.3. The second-order valence-electron chi connectivity index (χ2n) is 5.15. The number of nitrogens with zero attached hydrogens (tertiary/aromatic N) is 1. The predicted octanol–water partition coefficient (Wildman–Crippen LogP) is 3.40. The van der Waals surface area contributed by atoms with Crippen LogP contribution in [0.1, 0.15) is 22.8 Å². The Hall–Kier alpha value is -2.13. The number of ether oxygens (including phenoxy) is 1. The van der Waals surface area contributed by atoms with Crippen molar-refractivity contribution in [3.8, 4) is 5.75 Å². The van der Waals surface area contributed by atoms with Gasteiger partial charge in [0.15, 0.2) is 5.78 Å². The first-order valence-corrected chi connectivity index (χ1v) is 7.11. The van der Waals surface area contributed by atoms with Gasteiger partial charge in [-0.05, 0) is 43.8 Å². The largest absolute Gasteiger partial charge is 0.492 e. The lowest BCUT2D eigenvalue weighted by Gasteiger charge is -2.17. The number of hydrogen-bond acceptors (Lipinski definition) is 3. The third-order valence-electron chi connectivity index (χ3n) is 3.30. The van der Waals surface area contributed by atoms with Crippen LogP contribution in [0.5, 0.6) is 5.75 Å². The monoisotopic (exact) mass is 283 g/mol. The van der Waals surface area contributed by atoms with Crippen molar-refractivity contribution in [1.82, 2.24) is 4.90 Å². The number of carbonyl (C=O) groups is 1. The number of benzene rings is 2. The molecule has 0 radical (unpaired) electrons. The van der Waals surface area contributed by atoms with Crippen molar-refractivity contribution in [1.29, 1.82) is 0 Å². The van der Waals surface area contributed by atoms with Gasteiger partial charge in [-0.2, -0.15) is 0 Å². The minimum Gasteiger partial charge on any atom is -0.492 e. The molecule has 0 spiro atoms. The Morgan fingerprint density at radius 1 is 1.05 bits per heavy atom. The van der Waals surface area contributed by atoms with Gasteiger partial charge >= 0.3 is 0 Å². The molecule has 0 heterocycles. The van der Waals surface area contributed by atoms with Crippen LogP contribution in [0.2, 0.25) is 0 Å². The van der Waals surface area contributed by atoms with Crippen molar-refractivity contribution in [3.63, 3.8) is 0 Å². The zero-order valence-corrected chi connectivity index (χ0v) is 12.6. The van der Waals surface area contributed by atoms with Crippen LogP contribution in [0.3, 0.4) is 0 Å². The molecule has 2 aromatic rings. The van der Waals surface area contributed by atoms with E-state index in [0.717, 1.165) is 18.8 Å². The first-order chi connectivity index (χ1) is 10.1. The van der Waals surface area contributed by atoms with Gasteiger partial charge in [-0.25, -0.2) is 0 Å². The van der Waals surface area contributed by atoms with E-state index in [1.165, 1.54) is 5.56 Å². The molecule has 0 aliphatic heterocycles. The van der Waals surface area contributed by atoms with Crippen LogP contribution in [0, 0.1) is 0 Å². The van der Waals surface area contributed by atoms with Gasteiger partial charge in [-0.15, -0.1) is 0 Å². The highest BCUT2D eigenvalue weighted by molar-refractivity contribution is 5.94. The van der Waals surface area contributed by atoms with E-state index in [1.54, 1.807) is 19.1 Å². The van der Waals surface area contributed by atoms with Crippen molar-refractivity contribution in [2.75, 3.05) is 20.2 Å². The molecule has 110 valence electrons. The number of carbonyl (C=O) groups excluding carboxylic acids is 1. The van der Waals surface area contributed by atoms with Gasteiger partial charge < -0.3 is 4.74 Å². The third kappa shape index (κ3) is 5.04. The fraction of sp³-hybridized carbons (Fsp3) is 0.278. The van der Waals surface area contributed by atoms with Crippen molar-refractivity contribution in [2.24, 2.45) is 0 Å². The maximum Gasteiger partial charge on any atom is 0.159 e. The molecule has 0 bridgehead atoms. The van der Waals surface area contributed by atoms with E-state index >= 15 is 0 Å². The van der Waals surface area contributed by atoms with E-state index in [1.807, 2.05) is 18.2 Å². The molecular weight excluding hydrogens is 262 g/mol. The lowest BCUT2D eigenvalue weighted by atomic mass is 10.1. The third-order valence-corrected chi connectivity index (χ3v) is 3.30. The minimum atomic E-state index is 0.0733. The van der Waals surface area contributed by atoms with E-state index in [4.69, 9.17) is 4.74 Å². The van der Waals surface area contributed by atoms with Crippen LogP contribution in [0.4, 0.5) is 0 Å². The molecule has 0 aliphatic rings. The van der Waals surface area contributed by atoms with Gasteiger partial charge in [0.05, 0.1) is 0 Å². The Morgan fingerprint density at radius 3 is 2.33 bits per heavy atom.